The van der Waals surface area contributed by atoms with Crippen molar-refractivity contribution in [2.75, 3.05) is 20.3 Å². The summed E-state index contributed by atoms with van der Waals surface area (Å²) in [5, 5.41) is 12.0. The van der Waals surface area contributed by atoms with Crippen molar-refractivity contribution in [3.63, 3.8) is 0 Å². The molecule has 2 heterocycles. The second kappa shape index (κ2) is 12.9. The van der Waals surface area contributed by atoms with Gasteiger partial charge in [-0.1, -0.05) is 59.2 Å². The summed E-state index contributed by atoms with van der Waals surface area (Å²) in [6.45, 7) is 3.58. The van der Waals surface area contributed by atoms with Gasteiger partial charge in [0, 0.05) is 18.7 Å². The van der Waals surface area contributed by atoms with Crippen molar-refractivity contribution in [1.29, 1.82) is 5.41 Å². The maximum atomic E-state index is 13.9. The Morgan fingerprint density at radius 2 is 1.98 bits per heavy atom. The number of ether oxygens (including phenoxy) is 3. The molecule has 0 saturated carbocycles. The summed E-state index contributed by atoms with van der Waals surface area (Å²) in [6.07, 6.45) is -0.119. The van der Waals surface area contributed by atoms with E-state index in [1.165, 1.54) is 30.1 Å². The van der Waals surface area contributed by atoms with Crippen LogP contribution in [0.15, 0.2) is 59.1 Å². The number of nitrogens with zero attached hydrogens (tertiary/aromatic N) is 2. The normalized spacial score (nSPS) is 17.6. The number of hydrogen-bond acceptors (Lipinski definition) is 9. The predicted octanol–water partition coefficient (Wildman–Crippen LogP) is 3.98. The van der Waals surface area contributed by atoms with Gasteiger partial charge >= 0.3 is 5.97 Å². The van der Waals surface area contributed by atoms with Crippen molar-refractivity contribution < 1.29 is 32.7 Å². The average molecular weight is 587 g/mol. The van der Waals surface area contributed by atoms with Crippen LogP contribution in [0.5, 0.6) is 0 Å². The highest BCUT2D eigenvalue weighted by molar-refractivity contribution is 6.41. The minimum atomic E-state index is -1.04. The number of hydrogen-bond donors (Lipinski definition) is 2. The molecule has 1 aliphatic rings. The van der Waals surface area contributed by atoms with Crippen LogP contribution in [0, 0.1) is 11.2 Å². The number of nitrogens with one attached hydrogen (secondary N) is 1. The minimum Gasteiger partial charge on any atom is -0.459 e. The maximum Gasteiger partial charge on any atom is 0.358 e. The number of benzene rings is 2. The molecule has 1 aliphatic heterocycles. The van der Waals surface area contributed by atoms with E-state index in [0.29, 0.717) is 11.3 Å². The molecular formula is C29H32ClFN4O6. The topological polar surface area (TPSA) is 141 Å². The first-order valence-corrected chi connectivity index (χ1v) is 13.4. The molecule has 0 spiro atoms. The van der Waals surface area contributed by atoms with Crippen molar-refractivity contribution in [2.45, 2.75) is 50.7 Å². The highest BCUT2D eigenvalue weighted by atomic mass is 35.5. The van der Waals surface area contributed by atoms with Gasteiger partial charge in [0.05, 0.1) is 29.8 Å². The summed E-state index contributed by atoms with van der Waals surface area (Å²) in [7, 11) is 1.53. The van der Waals surface area contributed by atoms with E-state index in [2.05, 4.69) is 5.16 Å². The average Bonchev–Trinajstić information content (AvgIpc) is 3.59. The number of esters is 1. The molecule has 12 heteroatoms. The second-order valence-electron chi connectivity index (χ2n) is 10.2. The number of rotatable bonds is 11. The summed E-state index contributed by atoms with van der Waals surface area (Å²) >= 11 is 6.05. The number of likely N-dealkylation sites (N-methyl/N-ethyl adjacent to an activating group) is 1. The number of amides is 1. The lowest BCUT2D eigenvalue weighted by Gasteiger charge is -2.31. The Morgan fingerprint density at radius 1 is 1.24 bits per heavy atom. The number of aromatic nitrogens is 1. The van der Waals surface area contributed by atoms with E-state index in [4.69, 9.17) is 41.5 Å². The third-order valence-electron chi connectivity index (χ3n) is 6.72. The van der Waals surface area contributed by atoms with Crippen molar-refractivity contribution in [3.8, 4) is 11.3 Å². The van der Waals surface area contributed by atoms with Gasteiger partial charge in [-0.25, -0.2) is 9.18 Å². The van der Waals surface area contributed by atoms with E-state index in [-0.39, 0.29) is 42.9 Å². The largest absolute Gasteiger partial charge is 0.459 e. The molecule has 0 aliphatic carbocycles. The third kappa shape index (κ3) is 7.56. The van der Waals surface area contributed by atoms with Crippen LogP contribution < -0.4 is 5.73 Å². The number of carbonyl (C=O) groups is 2. The Hall–Kier alpha value is -3.64. The lowest BCUT2D eigenvalue weighted by Crippen LogP contribution is -2.50. The van der Waals surface area contributed by atoms with E-state index in [1.54, 1.807) is 19.9 Å². The fourth-order valence-electron chi connectivity index (χ4n) is 4.47. The molecular weight excluding hydrogens is 555 g/mol. The van der Waals surface area contributed by atoms with Crippen LogP contribution in [0.2, 0.25) is 5.02 Å². The Morgan fingerprint density at radius 3 is 2.66 bits per heavy atom. The van der Waals surface area contributed by atoms with Crippen molar-refractivity contribution in [3.05, 3.63) is 76.7 Å². The van der Waals surface area contributed by atoms with Gasteiger partial charge in [0.2, 0.25) is 5.91 Å². The Bertz CT molecular complexity index is 1400. The second-order valence-corrected chi connectivity index (χ2v) is 10.6. The van der Waals surface area contributed by atoms with Gasteiger partial charge in [0.15, 0.2) is 17.3 Å². The van der Waals surface area contributed by atoms with Gasteiger partial charge in [0.1, 0.15) is 18.1 Å². The molecule has 218 valence electrons. The maximum absolute atomic E-state index is 13.9. The smallest absolute Gasteiger partial charge is 0.358 e. The van der Waals surface area contributed by atoms with E-state index >= 15 is 0 Å². The Kier molecular flexibility index (Phi) is 9.54. The zero-order chi connectivity index (χ0) is 29.7. The van der Waals surface area contributed by atoms with Gasteiger partial charge in [-0.05, 0) is 38.3 Å². The Labute approximate surface area is 242 Å². The van der Waals surface area contributed by atoms with E-state index in [9.17, 15) is 14.0 Å². The quantitative estimate of drug-likeness (QED) is 0.254. The summed E-state index contributed by atoms with van der Waals surface area (Å²) in [5.41, 5.74) is 6.85. The van der Waals surface area contributed by atoms with E-state index in [1.807, 2.05) is 30.3 Å². The molecule has 1 aromatic heterocycles. The molecule has 10 nitrogen and oxygen atoms in total. The van der Waals surface area contributed by atoms with Gasteiger partial charge in [-0.2, -0.15) is 0 Å². The van der Waals surface area contributed by atoms with Gasteiger partial charge in [0.25, 0.3) is 0 Å². The predicted molar refractivity (Wildman–Crippen MR) is 149 cm³/mol. The van der Waals surface area contributed by atoms with Crippen LogP contribution in [-0.2, 0) is 30.2 Å². The summed E-state index contributed by atoms with van der Waals surface area (Å²) < 4.78 is 36.2. The standard InChI is InChI=1S/C29H32ClFN4O6/c1-29(2)39-16-20(40-29)13-19(35(3)27(36)22(32)12-18-10-7-11-21(31)25(18)30)15-38-28(37)26(33)23-14-24(41-34-23)17-8-5-4-6-9-17/h4-11,14,19-20,22,33H,12-13,15-16,32H2,1-3H3/t19-,20+,22?/m0/s1. The van der Waals surface area contributed by atoms with Gasteiger partial charge in [-0.3, -0.25) is 10.2 Å². The third-order valence-corrected chi connectivity index (χ3v) is 7.15. The van der Waals surface area contributed by atoms with Crippen molar-refractivity contribution >= 4 is 29.2 Å². The molecule has 3 N–H and O–H groups in total. The van der Waals surface area contributed by atoms with Crippen LogP contribution in [0.4, 0.5) is 4.39 Å². The van der Waals surface area contributed by atoms with Crippen LogP contribution >= 0.6 is 11.6 Å². The number of halogens is 2. The summed E-state index contributed by atoms with van der Waals surface area (Å²) in [4.78, 5) is 27.5. The lowest BCUT2D eigenvalue weighted by molar-refractivity contribution is -0.148. The van der Waals surface area contributed by atoms with Crippen LogP contribution in [0.3, 0.4) is 0 Å². The molecule has 4 rings (SSSR count). The number of nitrogens with two attached hydrogens (primary N) is 1. The van der Waals surface area contributed by atoms with Crippen molar-refractivity contribution in [2.24, 2.45) is 5.73 Å². The summed E-state index contributed by atoms with van der Waals surface area (Å²) in [5.74, 6) is -2.42. The van der Waals surface area contributed by atoms with Crippen LogP contribution in [0.1, 0.15) is 31.5 Å². The SMILES string of the molecule is CN(C(=O)C(N)Cc1cccc(F)c1Cl)[C@H](COC(=O)C(=N)c1cc(-c2ccccc2)on1)C[C@@H]1COC(C)(C)O1. The van der Waals surface area contributed by atoms with Crippen molar-refractivity contribution in [1.82, 2.24) is 10.1 Å². The van der Waals surface area contributed by atoms with Gasteiger partial charge in [-0.15, -0.1) is 0 Å². The molecule has 1 fully saturated rings. The van der Waals surface area contributed by atoms with Crippen LogP contribution in [0.25, 0.3) is 11.3 Å². The zero-order valence-electron chi connectivity index (χ0n) is 22.9. The molecule has 3 aromatic rings. The number of carbonyl (C=O) groups excluding carboxylic acids is 2. The molecule has 1 saturated heterocycles. The lowest BCUT2D eigenvalue weighted by atomic mass is 10.0. The molecule has 1 unspecified atom stereocenters. The zero-order valence-corrected chi connectivity index (χ0v) is 23.7. The molecule has 41 heavy (non-hydrogen) atoms. The first-order chi connectivity index (χ1) is 19.4. The first kappa shape index (κ1) is 30.3. The molecule has 2 aromatic carbocycles. The summed E-state index contributed by atoms with van der Waals surface area (Å²) in [6, 6.07) is 13.2. The molecule has 3 atom stereocenters. The van der Waals surface area contributed by atoms with Crippen LogP contribution in [-0.4, -0.2) is 71.9 Å². The molecule has 0 radical (unpaired) electrons. The fraction of sp³-hybridized carbons (Fsp3) is 0.379. The Balaban J connectivity index is 1.44. The first-order valence-electron chi connectivity index (χ1n) is 13.0. The monoisotopic (exact) mass is 586 g/mol. The highest BCUT2D eigenvalue weighted by Gasteiger charge is 2.37. The van der Waals surface area contributed by atoms with E-state index in [0.717, 1.165) is 5.56 Å². The highest BCUT2D eigenvalue weighted by Crippen LogP contribution is 2.27. The van der Waals surface area contributed by atoms with Gasteiger partial charge < -0.3 is 29.4 Å². The molecule has 1 amide bonds. The molecule has 0 bridgehead atoms. The minimum absolute atomic E-state index is 0.00287. The fourth-order valence-corrected chi connectivity index (χ4v) is 4.68. The van der Waals surface area contributed by atoms with E-state index < -0.39 is 41.3 Å².